The Kier molecular flexibility index (Phi) is 3.40. The summed E-state index contributed by atoms with van der Waals surface area (Å²) in [5.74, 6) is 0.521. The first-order chi connectivity index (χ1) is 10.3. The molecule has 0 aliphatic heterocycles. The SMILES string of the molecule is N#Cc1cc(COc2cc3ccccc3cc2O)ccn1. The van der Waals surface area contributed by atoms with Crippen molar-refractivity contribution in [1.82, 2.24) is 4.98 Å². The van der Waals surface area contributed by atoms with Crippen LogP contribution in [0, 0.1) is 11.3 Å². The molecule has 2 aromatic carbocycles. The van der Waals surface area contributed by atoms with E-state index in [-0.39, 0.29) is 12.4 Å². The number of aromatic hydroxyl groups is 1. The summed E-state index contributed by atoms with van der Waals surface area (Å²) in [5.41, 5.74) is 1.17. The van der Waals surface area contributed by atoms with Crippen LogP contribution >= 0.6 is 0 Å². The predicted octanol–water partition coefficient (Wildman–Crippen LogP) is 3.39. The topological polar surface area (TPSA) is 66.1 Å². The Morgan fingerprint density at radius 2 is 1.86 bits per heavy atom. The Morgan fingerprint density at radius 3 is 2.62 bits per heavy atom. The molecule has 1 aromatic heterocycles. The van der Waals surface area contributed by atoms with Gasteiger partial charge in [-0.3, -0.25) is 0 Å². The lowest BCUT2D eigenvalue weighted by Crippen LogP contribution is -1.97. The molecule has 102 valence electrons. The molecule has 0 saturated carbocycles. The molecule has 0 radical (unpaired) electrons. The van der Waals surface area contributed by atoms with Gasteiger partial charge in [-0.2, -0.15) is 5.26 Å². The number of aromatic nitrogens is 1. The molecule has 0 atom stereocenters. The smallest absolute Gasteiger partial charge is 0.162 e. The number of phenols is 1. The van der Waals surface area contributed by atoms with Crippen molar-refractivity contribution in [2.75, 3.05) is 0 Å². The van der Waals surface area contributed by atoms with Gasteiger partial charge in [0.15, 0.2) is 11.5 Å². The van der Waals surface area contributed by atoms with Gasteiger partial charge in [0.2, 0.25) is 0 Å². The minimum absolute atomic E-state index is 0.100. The second kappa shape index (κ2) is 5.51. The third-order valence-corrected chi connectivity index (χ3v) is 3.16. The number of nitriles is 1. The molecule has 21 heavy (non-hydrogen) atoms. The highest BCUT2D eigenvalue weighted by Gasteiger charge is 2.06. The summed E-state index contributed by atoms with van der Waals surface area (Å²) in [6.45, 7) is 0.267. The van der Waals surface area contributed by atoms with E-state index in [0.29, 0.717) is 11.4 Å². The molecule has 4 nitrogen and oxygen atoms in total. The number of hydrogen-bond acceptors (Lipinski definition) is 4. The largest absolute Gasteiger partial charge is 0.504 e. The second-order valence-corrected chi connectivity index (χ2v) is 4.62. The lowest BCUT2D eigenvalue weighted by atomic mass is 10.1. The molecule has 1 heterocycles. The third kappa shape index (κ3) is 2.77. The Labute approximate surface area is 121 Å². The molecule has 0 aliphatic rings. The van der Waals surface area contributed by atoms with Gasteiger partial charge in [-0.1, -0.05) is 24.3 Å². The average molecular weight is 276 g/mol. The van der Waals surface area contributed by atoms with Crippen LogP contribution in [0.4, 0.5) is 0 Å². The molecule has 0 unspecified atom stereocenters. The number of phenolic OH excluding ortho intramolecular Hbond substituents is 1. The van der Waals surface area contributed by atoms with Gasteiger partial charge in [-0.25, -0.2) is 4.98 Å². The van der Waals surface area contributed by atoms with E-state index in [1.165, 1.54) is 0 Å². The van der Waals surface area contributed by atoms with Gasteiger partial charge in [0.1, 0.15) is 18.4 Å². The molecule has 0 amide bonds. The van der Waals surface area contributed by atoms with Crippen molar-refractivity contribution in [1.29, 1.82) is 5.26 Å². The van der Waals surface area contributed by atoms with Crippen LogP contribution < -0.4 is 4.74 Å². The fourth-order valence-corrected chi connectivity index (χ4v) is 2.11. The van der Waals surface area contributed by atoms with Crippen molar-refractivity contribution in [2.24, 2.45) is 0 Å². The maximum Gasteiger partial charge on any atom is 0.162 e. The van der Waals surface area contributed by atoms with Crippen molar-refractivity contribution in [2.45, 2.75) is 6.61 Å². The number of pyridine rings is 1. The fraction of sp³-hybridized carbons (Fsp3) is 0.0588. The van der Waals surface area contributed by atoms with Gasteiger partial charge >= 0.3 is 0 Å². The van der Waals surface area contributed by atoms with E-state index in [2.05, 4.69) is 4.98 Å². The van der Waals surface area contributed by atoms with E-state index < -0.39 is 0 Å². The molecular weight excluding hydrogens is 264 g/mol. The molecule has 0 spiro atoms. The van der Waals surface area contributed by atoms with Crippen molar-refractivity contribution >= 4 is 10.8 Å². The summed E-state index contributed by atoms with van der Waals surface area (Å²) >= 11 is 0. The molecule has 0 bridgehead atoms. The van der Waals surface area contributed by atoms with Gasteiger partial charge < -0.3 is 9.84 Å². The van der Waals surface area contributed by atoms with Crippen LogP contribution in [0.5, 0.6) is 11.5 Å². The zero-order valence-corrected chi connectivity index (χ0v) is 11.2. The van der Waals surface area contributed by atoms with Gasteiger partial charge in [0.25, 0.3) is 0 Å². The van der Waals surface area contributed by atoms with Crippen LogP contribution in [-0.2, 0) is 6.61 Å². The Balaban J connectivity index is 1.84. The van der Waals surface area contributed by atoms with Crippen LogP contribution in [-0.4, -0.2) is 10.1 Å². The summed E-state index contributed by atoms with van der Waals surface area (Å²) in [7, 11) is 0. The molecule has 1 N–H and O–H groups in total. The number of rotatable bonds is 3. The number of ether oxygens (including phenoxy) is 1. The van der Waals surface area contributed by atoms with E-state index in [4.69, 9.17) is 10.00 Å². The zero-order chi connectivity index (χ0) is 14.7. The van der Waals surface area contributed by atoms with Gasteiger partial charge in [-0.05, 0) is 40.6 Å². The highest BCUT2D eigenvalue weighted by molar-refractivity contribution is 5.85. The Hall–Kier alpha value is -3.06. The van der Waals surface area contributed by atoms with Crippen LogP contribution in [0.2, 0.25) is 0 Å². The quantitative estimate of drug-likeness (QED) is 0.796. The van der Waals surface area contributed by atoms with E-state index in [0.717, 1.165) is 16.3 Å². The molecule has 3 rings (SSSR count). The summed E-state index contributed by atoms with van der Waals surface area (Å²) < 4.78 is 5.64. The van der Waals surface area contributed by atoms with E-state index in [1.807, 2.05) is 30.3 Å². The summed E-state index contributed by atoms with van der Waals surface area (Å²) in [6, 6.07) is 16.7. The van der Waals surface area contributed by atoms with Gasteiger partial charge in [0, 0.05) is 6.20 Å². The van der Waals surface area contributed by atoms with Crippen molar-refractivity contribution in [3.8, 4) is 17.6 Å². The summed E-state index contributed by atoms with van der Waals surface area (Å²) in [6.07, 6.45) is 1.57. The maximum atomic E-state index is 10.00. The highest BCUT2D eigenvalue weighted by Crippen LogP contribution is 2.31. The zero-order valence-electron chi connectivity index (χ0n) is 11.2. The molecule has 4 heteroatoms. The van der Waals surface area contributed by atoms with E-state index >= 15 is 0 Å². The van der Waals surface area contributed by atoms with Crippen LogP contribution in [0.1, 0.15) is 11.3 Å². The molecule has 0 aliphatic carbocycles. The molecule has 0 fully saturated rings. The van der Waals surface area contributed by atoms with Gasteiger partial charge in [0.05, 0.1) is 0 Å². The summed E-state index contributed by atoms with van der Waals surface area (Å²) in [5, 5.41) is 20.8. The number of fused-ring (bicyclic) bond motifs is 1. The average Bonchev–Trinajstić information content (AvgIpc) is 2.53. The first-order valence-electron chi connectivity index (χ1n) is 6.46. The minimum atomic E-state index is 0.100. The lowest BCUT2D eigenvalue weighted by Gasteiger charge is -2.09. The van der Waals surface area contributed by atoms with E-state index in [1.54, 1.807) is 30.5 Å². The Morgan fingerprint density at radius 1 is 1.10 bits per heavy atom. The lowest BCUT2D eigenvalue weighted by molar-refractivity contribution is 0.289. The third-order valence-electron chi connectivity index (χ3n) is 3.16. The molecule has 3 aromatic rings. The minimum Gasteiger partial charge on any atom is -0.504 e. The second-order valence-electron chi connectivity index (χ2n) is 4.62. The van der Waals surface area contributed by atoms with Crippen LogP contribution in [0.25, 0.3) is 10.8 Å². The van der Waals surface area contributed by atoms with Gasteiger partial charge in [-0.15, -0.1) is 0 Å². The van der Waals surface area contributed by atoms with Crippen molar-refractivity contribution in [3.05, 3.63) is 66.0 Å². The molecular formula is C17H12N2O2. The summed E-state index contributed by atoms with van der Waals surface area (Å²) in [4.78, 5) is 3.91. The van der Waals surface area contributed by atoms with Crippen molar-refractivity contribution in [3.63, 3.8) is 0 Å². The normalized spacial score (nSPS) is 10.2. The van der Waals surface area contributed by atoms with E-state index in [9.17, 15) is 5.11 Å². The Bertz CT molecular complexity index is 838. The molecule has 0 saturated heterocycles. The standard InChI is InChI=1S/C17H12N2O2/c18-10-15-7-12(5-6-19-15)11-21-17-9-14-4-2-1-3-13(14)8-16(17)20/h1-9,20H,11H2. The number of hydrogen-bond donors (Lipinski definition) is 1. The predicted molar refractivity (Wildman–Crippen MR) is 78.9 cm³/mol. The first kappa shape index (κ1) is 12.9. The maximum absolute atomic E-state index is 10.00. The first-order valence-corrected chi connectivity index (χ1v) is 6.46. The monoisotopic (exact) mass is 276 g/mol. The fourth-order valence-electron chi connectivity index (χ4n) is 2.11. The van der Waals surface area contributed by atoms with Crippen LogP contribution in [0.3, 0.4) is 0 Å². The number of nitrogens with zero attached hydrogens (tertiary/aromatic N) is 2. The highest BCUT2D eigenvalue weighted by atomic mass is 16.5. The van der Waals surface area contributed by atoms with Crippen LogP contribution in [0.15, 0.2) is 54.7 Å². The number of benzene rings is 2. The van der Waals surface area contributed by atoms with Crippen molar-refractivity contribution < 1.29 is 9.84 Å².